The van der Waals surface area contributed by atoms with Crippen LogP contribution in [-0.4, -0.2) is 33.0 Å². The number of pyridine rings is 1. The fourth-order valence-electron chi connectivity index (χ4n) is 1.55. The van der Waals surface area contributed by atoms with E-state index < -0.39 is 6.10 Å². The van der Waals surface area contributed by atoms with Gasteiger partial charge >= 0.3 is 0 Å². The first-order valence-corrected chi connectivity index (χ1v) is 5.56. The van der Waals surface area contributed by atoms with Gasteiger partial charge in [0.1, 0.15) is 5.65 Å². The molecule has 0 bridgehead atoms. The fourth-order valence-corrected chi connectivity index (χ4v) is 1.55. The molecule has 0 radical (unpaired) electrons. The van der Waals surface area contributed by atoms with Crippen molar-refractivity contribution >= 4 is 11.6 Å². The monoisotopic (exact) mass is 233 g/mol. The zero-order valence-corrected chi connectivity index (χ0v) is 9.63. The van der Waals surface area contributed by atoms with Crippen LogP contribution >= 0.6 is 0 Å². The second-order valence-electron chi connectivity index (χ2n) is 4.00. The standard InChI is InChI=1S/C12H15N3O2/c1-9(16)2-4-14-12(17)10-3-6-15-7-5-13-11(15)8-10/h3,5-9,16H,2,4H2,1H3,(H,14,17). The van der Waals surface area contributed by atoms with E-state index in [1.807, 2.05) is 10.6 Å². The Kier molecular flexibility index (Phi) is 3.39. The lowest BCUT2D eigenvalue weighted by Crippen LogP contribution is -2.26. The molecule has 1 unspecified atom stereocenters. The van der Waals surface area contributed by atoms with Crippen molar-refractivity contribution in [1.82, 2.24) is 14.7 Å². The zero-order chi connectivity index (χ0) is 12.3. The molecule has 2 aromatic heterocycles. The van der Waals surface area contributed by atoms with Crippen molar-refractivity contribution in [3.05, 3.63) is 36.3 Å². The van der Waals surface area contributed by atoms with Crippen LogP contribution in [-0.2, 0) is 0 Å². The van der Waals surface area contributed by atoms with E-state index in [1.165, 1.54) is 0 Å². The van der Waals surface area contributed by atoms with Gasteiger partial charge in [-0.2, -0.15) is 0 Å². The summed E-state index contributed by atoms with van der Waals surface area (Å²) in [7, 11) is 0. The molecule has 2 heterocycles. The summed E-state index contributed by atoms with van der Waals surface area (Å²) in [6.07, 6.45) is 5.46. The molecule has 0 fully saturated rings. The Morgan fingerprint density at radius 3 is 3.18 bits per heavy atom. The van der Waals surface area contributed by atoms with Gasteiger partial charge in [-0.05, 0) is 25.5 Å². The number of aliphatic hydroxyl groups excluding tert-OH is 1. The van der Waals surface area contributed by atoms with Crippen LogP contribution < -0.4 is 5.32 Å². The Bertz CT molecular complexity index is 519. The number of nitrogens with one attached hydrogen (secondary N) is 1. The zero-order valence-electron chi connectivity index (χ0n) is 9.63. The second-order valence-corrected chi connectivity index (χ2v) is 4.00. The Morgan fingerprint density at radius 1 is 1.59 bits per heavy atom. The summed E-state index contributed by atoms with van der Waals surface area (Å²) >= 11 is 0. The van der Waals surface area contributed by atoms with Gasteiger partial charge in [-0.1, -0.05) is 0 Å². The molecule has 1 atom stereocenters. The Hall–Kier alpha value is -1.88. The molecule has 0 spiro atoms. The predicted octanol–water partition coefficient (Wildman–Crippen LogP) is 0.835. The van der Waals surface area contributed by atoms with Crippen LogP contribution in [0.2, 0.25) is 0 Å². The van der Waals surface area contributed by atoms with Crippen molar-refractivity contribution in [2.24, 2.45) is 0 Å². The van der Waals surface area contributed by atoms with E-state index in [4.69, 9.17) is 5.11 Å². The molecular formula is C12H15N3O2. The number of carbonyl (C=O) groups excluding carboxylic acids is 1. The quantitative estimate of drug-likeness (QED) is 0.822. The summed E-state index contributed by atoms with van der Waals surface area (Å²) < 4.78 is 1.84. The number of carbonyl (C=O) groups is 1. The molecule has 0 aliphatic rings. The highest BCUT2D eigenvalue weighted by Crippen LogP contribution is 2.05. The maximum atomic E-state index is 11.8. The van der Waals surface area contributed by atoms with Crippen LogP contribution in [0.25, 0.3) is 5.65 Å². The number of hydrogen-bond donors (Lipinski definition) is 2. The number of nitrogens with zero attached hydrogens (tertiary/aromatic N) is 2. The van der Waals surface area contributed by atoms with Crippen LogP contribution in [0.1, 0.15) is 23.7 Å². The first kappa shape index (κ1) is 11.6. The minimum Gasteiger partial charge on any atom is -0.393 e. The summed E-state index contributed by atoms with van der Waals surface area (Å²) in [6.45, 7) is 2.17. The van der Waals surface area contributed by atoms with Crippen LogP contribution in [0.3, 0.4) is 0 Å². The van der Waals surface area contributed by atoms with Crippen LogP contribution in [0.4, 0.5) is 0 Å². The number of hydrogen-bond acceptors (Lipinski definition) is 3. The highest BCUT2D eigenvalue weighted by Gasteiger charge is 2.06. The lowest BCUT2D eigenvalue weighted by atomic mass is 10.2. The maximum Gasteiger partial charge on any atom is 0.251 e. The Morgan fingerprint density at radius 2 is 2.41 bits per heavy atom. The van der Waals surface area contributed by atoms with E-state index in [1.54, 1.807) is 31.5 Å². The minimum absolute atomic E-state index is 0.142. The number of amides is 1. The number of imidazole rings is 1. The van der Waals surface area contributed by atoms with Gasteiger partial charge in [0.05, 0.1) is 6.10 Å². The fraction of sp³-hybridized carbons (Fsp3) is 0.333. The molecule has 5 nitrogen and oxygen atoms in total. The topological polar surface area (TPSA) is 66.6 Å². The highest BCUT2D eigenvalue weighted by atomic mass is 16.3. The molecular weight excluding hydrogens is 218 g/mol. The summed E-state index contributed by atoms with van der Waals surface area (Å²) in [5.41, 5.74) is 1.32. The highest BCUT2D eigenvalue weighted by molar-refractivity contribution is 5.94. The van der Waals surface area contributed by atoms with Gasteiger partial charge in [0, 0.05) is 30.7 Å². The van der Waals surface area contributed by atoms with Gasteiger partial charge in [-0.3, -0.25) is 4.79 Å². The van der Waals surface area contributed by atoms with E-state index in [0.29, 0.717) is 18.5 Å². The van der Waals surface area contributed by atoms with Crippen molar-refractivity contribution in [3.63, 3.8) is 0 Å². The van der Waals surface area contributed by atoms with Crippen molar-refractivity contribution in [2.45, 2.75) is 19.4 Å². The lowest BCUT2D eigenvalue weighted by molar-refractivity contribution is 0.0945. The molecule has 90 valence electrons. The second kappa shape index (κ2) is 4.97. The molecule has 2 N–H and O–H groups in total. The molecule has 2 aromatic rings. The van der Waals surface area contributed by atoms with Crippen LogP contribution in [0.5, 0.6) is 0 Å². The van der Waals surface area contributed by atoms with Crippen molar-refractivity contribution < 1.29 is 9.90 Å². The summed E-state index contributed by atoms with van der Waals surface area (Å²) in [6, 6.07) is 3.48. The normalized spacial score (nSPS) is 12.6. The maximum absolute atomic E-state index is 11.8. The predicted molar refractivity (Wildman–Crippen MR) is 63.8 cm³/mol. The summed E-state index contributed by atoms with van der Waals surface area (Å²) in [5, 5.41) is 11.8. The van der Waals surface area contributed by atoms with Crippen molar-refractivity contribution in [1.29, 1.82) is 0 Å². The first-order valence-electron chi connectivity index (χ1n) is 5.56. The molecule has 2 rings (SSSR count). The van der Waals surface area contributed by atoms with E-state index in [0.717, 1.165) is 5.65 Å². The lowest BCUT2D eigenvalue weighted by Gasteiger charge is -2.06. The minimum atomic E-state index is -0.398. The van der Waals surface area contributed by atoms with Gasteiger partial charge < -0.3 is 14.8 Å². The van der Waals surface area contributed by atoms with Gasteiger partial charge in [-0.15, -0.1) is 0 Å². The number of fused-ring (bicyclic) bond motifs is 1. The summed E-state index contributed by atoms with van der Waals surface area (Å²) in [5.74, 6) is -0.142. The molecule has 0 aliphatic carbocycles. The molecule has 0 aliphatic heterocycles. The van der Waals surface area contributed by atoms with Gasteiger partial charge in [0.2, 0.25) is 0 Å². The van der Waals surface area contributed by atoms with Crippen LogP contribution in [0, 0.1) is 0 Å². The average molecular weight is 233 g/mol. The van der Waals surface area contributed by atoms with E-state index >= 15 is 0 Å². The first-order chi connectivity index (χ1) is 8.16. The van der Waals surface area contributed by atoms with Crippen molar-refractivity contribution in [2.75, 3.05) is 6.54 Å². The Balaban J connectivity index is 2.03. The van der Waals surface area contributed by atoms with Gasteiger partial charge in [-0.25, -0.2) is 4.98 Å². The SMILES string of the molecule is CC(O)CCNC(=O)c1ccn2ccnc2c1. The van der Waals surface area contributed by atoms with Gasteiger partial charge in [0.25, 0.3) is 5.91 Å². The molecule has 0 saturated carbocycles. The molecule has 5 heteroatoms. The molecule has 1 amide bonds. The molecule has 0 aromatic carbocycles. The third-order valence-electron chi connectivity index (χ3n) is 2.51. The van der Waals surface area contributed by atoms with E-state index in [9.17, 15) is 4.79 Å². The summed E-state index contributed by atoms with van der Waals surface area (Å²) in [4.78, 5) is 15.9. The number of aromatic nitrogens is 2. The van der Waals surface area contributed by atoms with Gasteiger partial charge in [0.15, 0.2) is 0 Å². The van der Waals surface area contributed by atoms with Crippen LogP contribution in [0.15, 0.2) is 30.7 Å². The number of rotatable bonds is 4. The van der Waals surface area contributed by atoms with E-state index in [2.05, 4.69) is 10.3 Å². The van der Waals surface area contributed by atoms with E-state index in [-0.39, 0.29) is 5.91 Å². The third kappa shape index (κ3) is 2.82. The largest absolute Gasteiger partial charge is 0.393 e. The molecule has 0 saturated heterocycles. The van der Waals surface area contributed by atoms with Crippen molar-refractivity contribution in [3.8, 4) is 0 Å². The number of aliphatic hydroxyl groups is 1. The average Bonchev–Trinajstić information content (AvgIpc) is 2.75. The third-order valence-corrected chi connectivity index (χ3v) is 2.51. The molecule has 17 heavy (non-hydrogen) atoms. The smallest absolute Gasteiger partial charge is 0.251 e. The Labute approximate surface area is 99.1 Å².